The Labute approximate surface area is 103 Å². The zero-order valence-electron chi connectivity index (χ0n) is 10.1. The van der Waals surface area contributed by atoms with Gasteiger partial charge < -0.3 is 9.15 Å². The Morgan fingerprint density at radius 2 is 2.33 bits per heavy atom. The van der Waals surface area contributed by atoms with Crippen LogP contribution in [0.25, 0.3) is 0 Å². The number of aromatic nitrogens is 2. The molecule has 96 valence electrons. The summed E-state index contributed by atoms with van der Waals surface area (Å²) in [6.45, 7) is 4.15. The average Bonchev–Trinajstić information content (AvgIpc) is 2.95. The van der Waals surface area contributed by atoms with E-state index in [0.717, 1.165) is 0 Å². The summed E-state index contributed by atoms with van der Waals surface area (Å²) >= 11 is 0. The monoisotopic (exact) mass is 251 g/mol. The summed E-state index contributed by atoms with van der Waals surface area (Å²) in [5.41, 5.74) is 0. The number of furan rings is 1. The number of ether oxygens (including phenoxy) is 1. The maximum Gasteiger partial charge on any atom is 0.433 e. The third-order valence-corrected chi connectivity index (χ3v) is 2.32. The van der Waals surface area contributed by atoms with Gasteiger partial charge >= 0.3 is 5.88 Å². The van der Waals surface area contributed by atoms with E-state index in [1.165, 1.54) is 12.1 Å². The van der Waals surface area contributed by atoms with Crippen molar-refractivity contribution in [3.63, 3.8) is 0 Å². The lowest BCUT2D eigenvalue weighted by Crippen LogP contribution is -2.00. The van der Waals surface area contributed by atoms with Gasteiger partial charge in [0.25, 0.3) is 0 Å². The van der Waals surface area contributed by atoms with Gasteiger partial charge in [0, 0.05) is 6.04 Å². The van der Waals surface area contributed by atoms with E-state index in [2.05, 4.69) is 5.10 Å². The van der Waals surface area contributed by atoms with Crippen molar-refractivity contribution >= 4 is 5.88 Å². The molecular weight excluding hydrogens is 238 g/mol. The molecular formula is C11H13N3O4. The SMILES string of the molecule is CC(C)n1cc(OCc2ccc([N+](=O)[O-])o2)cn1. The van der Waals surface area contributed by atoms with Gasteiger partial charge in [-0.1, -0.05) is 0 Å². The van der Waals surface area contributed by atoms with Crippen molar-refractivity contribution in [1.29, 1.82) is 0 Å². The third-order valence-electron chi connectivity index (χ3n) is 2.32. The van der Waals surface area contributed by atoms with Gasteiger partial charge in [0.05, 0.1) is 18.5 Å². The summed E-state index contributed by atoms with van der Waals surface area (Å²) < 4.78 is 12.1. The Morgan fingerprint density at radius 1 is 1.56 bits per heavy atom. The summed E-state index contributed by atoms with van der Waals surface area (Å²) in [7, 11) is 0. The van der Waals surface area contributed by atoms with Gasteiger partial charge in [-0.15, -0.1) is 0 Å². The van der Waals surface area contributed by atoms with Crippen molar-refractivity contribution in [2.45, 2.75) is 26.5 Å². The zero-order chi connectivity index (χ0) is 13.1. The van der Waals surface area contributed by atoms with Crippen molar-refractivity contribution < 1.29 is 14.1 Å². The summed E-state index contributed by atoms with van der Waals surface area (Å²) in [6, 6.07) is 3.08. The van der Waals surface area contributed by atoms with Gasteiger partial charge in [0.15, 0.2) is 5.75 Å². The molecule has 0 radical (unpaired) electrons. The van der Waals surface area contributed by atoms with E-state index in [4.69, 9.17) is 9.15 Å². The van der Waals surface area contributed by atoms with Gasteiger partial charge in [-0.3, -0.25) is 14.8 Å². The molecule has 7 nitrogen and oxygen atoms in total. The second kappa shape index (κ2) is 4.91. The predicted molar refractivity (Wildman–Crippen MR) is 62.3 cm³/mol. The maximum absolute atomic E-state index is 10.4. The van der Waals surface area contributed by atoms with E-state index in [1.54, 1.807) is 17.1 Å². The topological polar surface area (TPSA) is 83.3 Å². The zero-order valence-corrected chi connectivity index (χ0v) is 10.1. The highest BCUT2D eigenvalue weighted by atomic mass is 16.6. The Hall–Kier alpha value is -2.31. The minimum atomic E-state index is -0.583. The van der Waals surface area contributed by atoms with Crippen LogP contribution >= 0.6 is 0 Å². The van der Waals surface area contributed by atoms with Crippen LogP contribution in [-0.4, -0.2) is 14.7 Å². The molecule has 0 spiro atoms. The molecule has 0 saturated heterocycles. The molecule has 2 heterocycles. The molecule has 0 aliphatic rings. The number of nitrogens with zero attached hydrogens (tertiary/aromatic N) is 3. The Bertz CT molecular complexity index is 544. The van der Waals surface area contributed by atoms with Crippen molar-refractivity contribution in [1.82, 2.24) is 9.78 Å². The molecule has 0 amide bonds. The van der Waals surface area contributed by atoms with Crippen LogP contribution in [-0.2, 0) is 6.61 Å². The lowest BCUT2D eigenvalue weighted by molar-refractivity contribution is -0.402. The highest BCUT2D eigenvalue weighted by Gasteiger charge is 2.12. The molecule has 7 heteroatoms. The van der Waals surface area contributed by atoms with E-state index in [1.807, 2.05) is 13.8 Å². The molecule has 2 rings (SSSR count). The maximum atomic E-state index is 10.4. The first-order chi connectivity index (χ1) is 8.56. The fourth-order valence-electron chi connectivity index (χ4n) is 1.37. The molecule has 2 aromatic heterocycles. The van der Waals surface area contributed by atoms with Gasteiger partial charge in [-0.25, -0.2) is 0 Å². The van der Waals surface area contributed by atoms with Crippen molar-refractivity contribution in [3.8, 4) is 5.75 Å². The summed E-state index contributed by atoms with van der Waals surface area (Å²) in [6.07, 6.45) is 3.36. The van der Waals surface area contributed by atoms with E-state index in [0.29, 0.717) is 11.5 Å². The van der Waals surface area contributed by atoms with Crippen LogP contribution in [0.4, 0.5) is 5.88 Å². The molecule has 0 atom stereocenters. The lowest BCUT2D eigenvalue weighted by Gasteiger charge is -2.03. The molecule has 0 aromatic carbocycles. The Kier molecular flexibility index (Phi) is 3.31. The molecule has 18 heavy (non-hydrogen) atoms. The van der Waals surface area contributed by atoms with Gasteiger partial charge in [0.2, 0.25) is 0 Å². The lowest BCUT2D eigenvalue weighted by atomic mass is 10.4. The van der Waals surface area contributed by atoms with Gasteiger partial charge in [-0.05, 0) is 19.9 Å². The Morgan fingerprint density at radius 3 is 2.89 bits per heavy atom. The van der Waals surface area contributed by atoms with E-state index >= 15 is 0 Å². The first-order valence-electron chi connectivity index (χ1n) is 5.46. The normalized spacial score (nSPS) is 10.8. The standard InChI is InChI=1S/C11H13N3O4/c1-8(2)13-6-10(5-12-13)17-7-9-3-4-11(18-9)14(15)16/h3-6,8H,7H2,1-2H3. The molecule has 0 saturated carbocycles. The van der Waals surface area contributed by atoms with Crippen LogP contribution in [0.1, 0.15) is 25.6 Å². The largest absolute Gasteiger partial charge is 0.482 e. The fourth-order valence-corrected chi connectivity index (χ4v) is 1.37. The highest BCUT2D eigenvalue weighted by molar-refractivity contribution is 5.18. The second-order valence-electron chi connectivity index (χ2n) is 4.04. The Balaban J connectivity index is 1.95. The number of rotatable bonds is 5. The fraction of sp³-hybridized carbons (Fsp3) is 0.364. The van der Waals surface area contributed by atoms with Crippen LogP contribution in [0.2, 0.25) is 0 Å². The van der Waals surface area contributed by atoms with Crippen LogP contribution in [0.15, 0.2) is 28.9 Å². The summed E-state index contributed by atoms with van der Waals surface area (Å²) in [5.74, 6) is 0.716. The van der Waals surface area contributed by atoms with Crippen molar-refractivity contribution in [2.75, 3.05) is 0 Å². The van der Waals surface area contributed by atoms with Crippen molar-refractivity contribution in [2.24, 2.45) is 0 Å². The van der Waals surface area contributed by atoms with Crippen LogP contribution in [0.3, 0.4) is 0 Å². The summed E-state index contributed by atoms with van der Waals surface area (Å²) in [4.78, 5) is 9.84. The van der Waals surface area contributed by atoms with Gasteiger partial charge in [0.1, 0.15) is 17.3 Å². The quantitative estimate of drug-likeness (QED) is 0.602. The highest BCUT2D eigenvalue weighted by Crippen LogP contribution is 2.18. The van der Waals surface area contributed by atoms with E-state index in [-0.39, 0.29) is 18.5 Å². The number of hydrogen-bond donors (Lipinski definition) is 0. The smallest absolute Gasteiger partial charge is 0.433 e. The van der Waals surface area contributed by atoms with Crippen LogP contribution < -0.4 is 4.74 Å². The first-order valence-corrected chi connectivity index (χ1v) is 5.46. The van der Waals surface area contributed by atoms with Crippen LogP contribution in [0.5, 0.6) is 5.75 Å². The minimum Gasteiger partial charge on any atom is -0.482 e. The van der Waals surface area contributed by atoms with Gasteiger partial charge in [-0.2, -0.15) is 5.10 Å². The molecule has 0 N–H and O–H groups in total. The molecule has 0 aliphatic carbocycles. The number of nitro groups is 1. The summed E-state index contributed by atoms with van der Waals surface area (Å²) in [5, 5.41) is 14.5. The van der Waals surface area contributed by atoms with E-state index < -0.39 is 4.92 Å². The third kappa shape index (κ3) is 2.68. The molecule has 0 bridgehead atoms. The molecule has 0 unspecified atom stereocenters. The van der Waals surface area contributed by atoms with Crippen LogP contribution in [0, 0.1) is 10.1 Å². The molecule has 0 fully saturated rings. The average molecular weight is 251 g/mol. The minimum absolute atomic E-state index is 0.137. The first kappa shape index (κ1) is 12.2. The molecule has 0 aliphatic heterocycles. The number of hydrogen-bond acceptors (Lipinski definition) is 5. The second-order valence-corrected chi connectivity index (χ2v) is 4.04. The molecule has 2 aromatic rings. The van der Waals surface area contributed by atoms with E-state index in [9.17, 15) is 10.1 Å². The predicted octanol–water partition coefficient (Wildman–Crippen LogP) is 2.54. The van der Waals surface area contributed by atoms with Crippen molar-refractivity contribution in [3.05, 3.63) is 40.4 Å².